The quantitative estimate of drug-likeness (QED) is 0.361. The van der Waals surface area contributed by atoms with Crippen molar-refractivity contribution in [1.29, 1.82) is 0 Å². The maximum atomic E-state index is 12.1. The molecule has 3 nitrogen and oxygen atoms in total. The van der Waals surface area contributed by atoms with Crippen LogP contribution >= 0.6 is 15.9 Å². The zero-order valence-corrected chi connectivity index (χ0v) is 13.9. The summed E-state index contributed by atoms with van der Waals surface area (Å²) in [7, 11) is 0. The fourth-order valence-corrected chi connectivity index (χ4v) is 3.93. The fourth-order valence-electron chi connectivity index (χ4n) is 3.53. The zero-order valence-electron chi connectivity index (χ0n) is 12.3. The van der Waals surface area contributed by atoms with Crippen LogP contribution in [0.3, 0.4) is 0 Å². The van der Waals surface area contributed by atoms with E-state index in [1.807, 2.05) is 0 Å². The van der Waals surface area contributed by atoms with Crippen LogP contribution in [0.25, 0.3) is 0 Å². The molecule has 1 saturated heterocycles. The second kappa shape index (κ2) is 8.16. The van der Waals surface area contributed by atoms with Crippen LogP contribution < -0.4 is 0 Å². The fraction of sp³-hybridized carbons (Fsp3) is 0.875. The summed E-state index contributed by atoms with van der Waals surface area (Å²) < 4.78 is 0. The highest BCUT2D eigenvalue weighted by Gasteiger charge is 2.49. The highest BCUT2D eigenvalue weighted by molar-refractivity contribution is 9.09. The number of imide groups is 1. The molecule has 2 amide bonds. The van der Waals surface area contributed by atoms with Crippen LogP contribution in [0.5, 0.6) is 0 Å². The van der Waals surface area contributed by atoms with Gasteiger partial charge in [-0.3, -0.25) is 14.5 Å². The zero-order chi connectivity index (χ0) is 14.4. The Hall–Kier alpha value is -0.380. The molecule has 2 aliphatic rings. The average molecular weight is 344 g/mol. The number of amides is 2. The lowest BCUT2D eigenvalue weighted by atomic mass is 10.00. The minimum absolute atomic E-state index is 0.0340. The molecule has 1 aliphatic carbocycles. The summed E-state index contributed by atoms with van der Waals surface area (Å²) in [6, 6.07) is 0. The average Bonchev–Trinajstić information content (AvgIpc) is 3.00. The van der Waals surface area contributed by atoms with Gasteiger partial charge in [0.05, 0.1) is 11.8 Å². The van der Waals surface area contributed by atoms with E-state index in [4.69, 9.17) is 0 Å². The summed E-state index contributed by atoms with van der Waals surface area (Å²) in [5.74, 6) is 0.308. The molecule has 2 fully saturated rings. The monoisotopic (exact) mass is 343 g/mol. The van der Waals surface area contributed by atoms with Crippen molar-refractivity contribution in [3.8, 4) is 0 Å². The van der Waals surface area contributed by atoms with Crippen LogP contribution in [0.1, 0.15) is 64.2 Å². The summed E-state index contributed by atoms with van der Waals surface area (Å²) in [5, 5.41) is 1.11. The number of carbonyl (C=O) groups excluding carboxylic acids is 2. The van der Waals surface area contributed by atoms with Gasteiger partial charge in [0.15, 0.2) is 0 Å². The van der Waals surface area contributed by atoms with Gasteiger partial charge >= 0.3 is 0 Å². The van der Waals surface area contributed by atoms with E-state index >= 15 is 0 Å². The van der Waals surface area contributed by atoms with Crippen molar-refractivity contribution in [3.05, 3.63) is 0 Å². The van der Waals surface area contributed by atoms with E-state index in [1.165, 1.54) is 32.1 Å². The van der Waals surface area contributed by atoms with Crippen LogP contribution in [-0.4, -0.2) is 28.6 Å². The van der Waals surface area contributed by atoms with Crippen molar-refractivity contribution in [2.24, 2.45) is 11.8 Å². The van der Waals surface area contributed by atoms with Gasteiger partial charge in [-0.25, -0.2) is 0 Å². The molecule has 0 spiro atoms. The van der Waals surface area contributed by atoms with Gasteiger partial charge in [-0.15, -0.1) is 0 Å². The second-order valence-corrected chi connectivity index (χ2v) is 6.93. The summed E-state index contributed by atoms with van der Waals surface area (Å²) in [6.07, 6.45) is 11.4. The van der Waals surface area contributed by atoms with Crippen LogP contribution in [-0.2, 0) is 9.59 Å². The molecule has 2 unspecified atom stereocenters. The van der Waals surface area contributed by atoms with Gasteiger partial charge in [0, 0.05) is 11.9 Å². The van der Waals surface area contributed by atoms with Gasteiger partial charge in [-0.05, 0) is 25.7 Å². The van der Waals surface area contributed by atoms with Gasteiger partial charge in [0.2, 0.25) is 11.8 Å². The van der Waals surface area contributed by atoms with Crippen LogP contribution in [0.15, 0.2) is 0 Å². The van der Waals surface area contributed by atoms with Gasteiger partial charge in [-0.2, -0.15) is 0 Å². The van der Waals surface area contributed by atoms with E-state index in [1.54, 1.807) is 4.90 Å². The van der Waals surface area contributed by atoms with Gasteiger partial charge < -0.3 is 0 Å². The number of halogens is 1. The molecule has 2 atom stereocenters. The molecule has 20 heavy (non-hydrogen) atoms. The molecule has 0 aromatic carbocycles. The van der Waals surface area contributed by atoms with Gasteiger partial charge in [-0.1, -0.05) is 54.5 Å². The van der Waals surface area contributed by atoms with Crippen molar-refractivity contribution >= 4 is 27.7 Å². The molecule has 0 radical (unpaired) electrons. The molecular formula is C16H26BrNO2. The Morgan fingerprint density at radius 3 is 1.90 bits per heavy atom. The van der Waals surface area contributed by atoms with E-state index in [-0.39, 0.29) is 23.7 Å². The van der Waals surface area contributed by atoms with Crippen molar-refractivity contribution in [1.82, 2.24) is 4.90 Å². The van der Waals surface area contributed by atoms with Crippen LogP contribution in [0.2, 0.25) is 0 Å². The Labute approximate surface area is 130 Å². The molecule has 0 bridgehead atoms. The van der Waals surface area contributed by atoms with E-state index in [2.05, 4.69) is 15.9 Å². The Morgan fingerprint density at radius 1 is 0.850 bits per heavy atom. The van der Waals surface area contributed by atoms with Crippen molar-refractivity contribution < 1.29 is 9.59 Å². The third kappa shape index (κ3) is 3.84. The lowest BCUT2D eigenvalue weighted by molar-refractivity contribution is -0.140. The van der Waals surface area contributed by atoms with Crippen molar-refractivity contribution in [2.75, 3.05) is 11.9 Å². The molecule has 1 heterocycles. The Morgan fingerprint density at radius 2 is 1.35 bits per heavy atom. The molecule has 1 aliphatic heterocycles. The highest BCUT2D eigenvalue weighted by Crippen LogP contribution is 2.39. The number of hydrogen-bond donors (Lipinski definition) is 0. The third-order valence-electron chi connectivity index (χ3n) is 4.70. The Kier molecular flexibility index (Phi) is 6.53. The lowest BCUT2D eigenvalue weighted by Crippen LogP contribution is -2.32. The van der Waals surface area contributed by atoms with E-state index in [0.29, 0.717) is 6.54 Å². The predicted octanol–water partition coefficient (Wildman–Crippen LogP) is 3.90. The number of fused-ring (bicyclic) bond motifs is 1. The molecule has 4 heteroatoms. The highest BCUT2D eigenvalue weighted by atomic mass is 79.9. The number of likely N-dealkylation sites (tertiary alicyclic amines) is 1. The largest absolute Gasteiger partial charge is 0.282 e. The molecule has 114 valence electrons. The number of alkyl halides is 1. The molecular weight excluding hydrogens is 318 g/mol. The first kappa shape index (κ1) is 16.0. The summed E-state index contributed by atoms with van der Waals surface area (Å²) in [6.45, 7) is 0.659. The maximum absolute atomic E-state index is 12.1. The second-order valence-electron chi connectivity index (χ2n) is 6.14. The van der Waals surface area contributed by atoms with Crippen LogP contribution in [0, 0.1) is 11.8 Å². The smallest absolute Gasteiger partial charge is 0.233 e. The molecule has 0 aromatic heterocycles. The maximum Gasteiger partial charge on any atom is 0.233 e. The van der Waals surface area contributed by atoms with Gasteiger partial charge in [0.25, 0.3) is 0 Å². The number of rotatable bonds is 9. The summed E-state index contributed by atoms with van der Waals surface area (Å²) in [5.41, 5.74) is 0. The minimum atomic E-state index is 0.0340. The minimum Gasteiger partial charge on any atom is -0.282 e. The Bertz CT molecular complexity index is 323. The number of carbonyl (C=O) groups is 2. The normalized spacial score (nSPS) is 25.6. The first-order valence-electron chi connectivity index (χ1n) is 8.17. The Balaban J connectivity index is 1.58. The van der Waals surface area contributed by atoms with E-state index < -0.39 is 0 Å². The summed E-state index contributed by atoms with van der Waals surface area (Å²) >= 11 is 3.44. The molecule has 0 aromatic rings. The number of hydrogen-bond acceptors (Lipinski definition) is 2. The molecule has 1 saturated carbocycles. The summed E-state index contributed by atoms with van der Waals surface area (Å²) in [4.78, 5) is 25.8. The van der Waals surface area contributed by atoms with E-state index in [9.17, 15) is 9.59 Å². The van der Waals surface area contributed by atoms with Crippen molar-refractivity contribution in [3.63, 3.8) is 0 Å². The first-order chi connectivity index (χ1) is 9.75. The third-order valence-corrected chi connectivity index (χ3v) is 5.26. The molecule has 2 rings (SSSR count). The SMILES string of the molecule is O=C1C2CCCC2C(=O)N1CCCCCCCCCBr. The van der Waals surface area contributed by atoms with Crippen LogP contribution in [0.4, 0.5) is 0 Å². The number of nitrogens with zero attached hydrogens (tertiary/aromatic N) is 1. The first-order valence-corrected chi connectivity index (χ1v) is 9.29. The van der Waals surface area contributed by atoms with Gasteiger partial charge in [0.1, 0.15) is 0 Å². The van der Waals surface area contributed by atoms with Crippen molar-refractivity contribution in [2.45, 2.75) is 64.2 Å². The molecule has 0 N–H and O–H groups in total. The lowest BCUT2D eigenvalue weighted by Gasteiger charge is -2.15. The van der Waals surface area contributed by atoms with E-state index in [0.717, 1.165) is 37.4 Å². The topological polar surface area (TPSA) is 37.4 Å². The predicted molar refractivity (Wildman–Crippen MR) is 83.7 cm³/mol. The number of unbranched alkanes of at least 4 members (excludes halogenated alkanes) is 6. The standard InChI is InChI=1S/C16H26BrNO2/c17-11-6-4-2-1-3-5-7-12-18-15(19)13-9-8-10-14(13)16(18)20/h13-14H,1-12H2.